The monoisotopic (exact) mass is 675 g/mol. The van der Waals surface area contributed by atoms with E-state index in [0.29, 0.717) is 0 Å². The number of carbonyl (C=O) groups excluding carboxylic acids is 5. The summed E-state index contributed by atoms with van der Waals surface area (Å²) in [5.74, 6) is -10.3. The number of nitrogens with one attached hydrogen (secondary N) is 5. The molecular formula is C25H41N9O13. The molecule has 0 saturated carbocycles. The van der Waals surface area contributed by atoms with Crippen LogP contribution in [0.2, 0.25) is 0 Å². The second-order valence-electron chi connectivity index (χ2n) is 9.93. The molecule has 0 fully saturated rings. The highest BCUT2D eigenvalue weighted by molar-refractivity contribution is 5.94. The van der Waals surface area contributed by atoms with Crippen molar-refractivity contribution in [3.8, 4) is 0 Å². The molecular weight excluding hydrogens is 634 g/mol. The first kappa shape index (κ1) is 41.5. The summed E-state index contributed by atoms with van der Waals surface area (Å²) in [6, 6.07) is -5.69. The molecule has 0 aromatic heterocycles. The van der Waals surface area contributed by atoms with Gasteiger partial charge < -0.3 is 64.2 Å². The van der Waals surface area contributed by atoms with E-state index in [4.69, 9.17) is 32.5 Å². The molecule has 0 heterocycles. The van der Waals surface area contributed by atoms with Crippen LogP contribution in [0.15, 0.2) is 4.99 Å². The number of guanidine groups is 1. The molecule has 0 aliphatic rings. The fraction of sp³-hybridized carbons (Fsp3) is 0.600. The zero-order valence-corrected chi connectivity index (χ0v) is 25.2. The van der Waals surface area contributed by atoms with Crippen molar-refractivity contribution in [1.29, 1.82) is 0 Å². The molecule has 0 bridgehead atoms. The van der Waals surface area contributed by atoms with Gasteiger partial charge in [0.1, 0.15) is 18.1 Å². The van der Waals surface area contributed by atoms with Gasteiger partial charge in [-0.3, -0.25) is 43.3 Å². The molecule has 15 N–H and O–H groups in total. The smallest absolute Gasteiger partial charge is 0.326 e. The van der Waals surface area contributed by atoms with Crippen molar-refractivity contribution in [2.75, 3.05) is 19.6 Å². The molecule has 0 aromatic rings. The molecule has 22 nitrogen and oxygen atoms in total. The zero-order chi connectivity index (χ0) is 36.1. The number of hydrogen-bond donors (Lipinski definition) is 12. The topological polar surface area (TPSA) is 385 Å². The van der Waals surface area contributed by atoms with Crippen LogP contribution in [0.25, 0.3) is 0 Å². The molecule has 264 valence electrons. The van der Waals surface area contributed by atoms with E-state index in [2.05, 4.69) is 31.6 Å². The van der Waals surface area contributed by atoms with Gasteiger partial charge in [0.15, 0.2) is 5.96 Å². The van der Waals surface area contributed by atoms with Gasteiger partial charge in [-0.05, 0) is 32.1 Å². The Bertz CT molecular complexity index is 1190. The van der Waals surface area contributed by atoms with E-state index in [-0.39, 0.29) is 31.8 Å². The van der Waals surface area contributed by atoms with Crippen molar-refractivity contribution in [2.24, 2.45) is 22.2 Å². The molecule has 0 unspecified atom stereocenters. The van der Waals surface area contributed by atoms with Gasteiger partial charge in [-0.2, -0.15) is 0 Å². The molecule has 22 heteroatoms. The molecule has 0 rings (SSSR count). The summed E-state index contributed by atoms with van der Waals surface area (Å²) >= 11 is 0. The minimum absolute atomic E-state index is 0.0484. The summed E-state index contributed by atoms with van der Waals surface area (Å²) in [6.45, 7) is -1.46. The van der Waals surface area contributed by atoms with Crippen LogP contribution in [0.5, 0.6) is 0 Å². The van der Waals surface area contributed by atoms with Crippen LogP contribution >= 0.6 is 0 Å². The number of aliphatic carboxylic acids is 4. The van der Waals surface area contributed by atoms with Gasteiger partial charge >= 0.3 is 23.9 Å². The third-order valence-electron chi connectivity index (χ3n) is 6.01. The average Bonchev–Trinajstić information content (AvgIpc) is 2.98. The van der Waals surface area contributed by atoms with Crippen molar-refractivity contribution in [2.45, 2.75) is 75.5 Å². The van der Waals surface area contributed by atoms with Crippen molar-refractivity contribution in [1.82, 2.24) is 26.6 Å². The van der Waals surface area contributed by atoms with Gasteiger partial charge in [0.2, 0.25) is 29.5 Å². The Kier molecular flexibility index (Phi) is 19.4. The van der Waals surface area contributed by atoms with Crippen molar-refractivity contribution < 1.29 is 63.6 Å². The minimum Gasteiger partial charge on any atom is -0.481 e. The molecule has 0 radical (unpaired) electrons. The molecule has 0 aliphatic carbocycles. The van der Waals surface area contributed by atoms with Gasteiger partial charge in [0.05, 0.1) is 19.1 Å². The third-order valence-corrected chi connectivity index (χ3v) is 6.01. The number of nitrogens with two attached hydrogens (primary N) is 3. The lowest BCUT2D eigenvalue weighted by Crippen LogP contribution is -2.54. The number of carboxylic acid groups (broad SMARTS) is 4. The standard InChI is InChI=1S/C25H41N9O13/c26-12(3-6-18(37)38)21(43)34-14(5-8-20(41)42)23(45)31-10-16(35)32-13(4-7-19(39)40)22(44)30-11-17(36)33-15(24(46)47)2-1-9-29-25(27)28/h12-15H,1-11,26H2,(H,30,44)(H,31,45)(H,32,35)(H,33,36)(H,34,43)(H,37,38)(H,39,40)(H,41,42)(H,46,47)(H4,27,28,29)/t12-,13-,14-,15-/m0/s1. The Morgan fingerprint density at radius 2 is 1.00 bits per heavy atom. The van der Waals surface area contributed by atoms with Gasteiger partial charge in [-0.1, -0.05) is 0 Å². The SMILES string of the molecule is NC(N)=NCCC[C@H](NC(=O)CNC(=O)[C@H](CCC(=O)O)NC(=O)CNC(=O)[C@H](CCC(=O)O)NC(=O)[C@@H](N)CCC(=O)O)C(=O)O. The highest BCUT2D eigenvalue weighted by atomic mass is 16.4. The van der Waals surface area contributed by atoms with Gasteiger partial charge in [0.25, 0.3) is 0 Å². The van der Waals surface area contributed by atoms with E-state index in [9.17, 15) is 48.3 Å². The van der Waals surface area contributed by atoms with Crippen LogP contribution in [0, 0.1) is 0 Å². The molecule has 47 heavy (non-hydrogen) atoms. The summed E-state index contributed by atoms with van der Waals surface area (Å²) in [4.78, 5) is 110. The molecule has 0 spiro atoms. The van der Waals surface area contributed by atoms with E-state index >= 15 is 0 Å². The Morgan fingerprint density at radius 3 is 1.43 bits per heavy atom. The second kappa shape index (κ2) is 22.0. The number of carboxylic acids is 4. The normalized spacial score (nSPS) is 13.0. The predicted molar refractivity (Wildman–Crippen MR) is 158 cm³/mol. The summed E-state index contributed by atoms with van der Waals surface area (Å²) in [5, 5.41) is 46.9. The van der Waals surface area contributed by atoms with E-state index in [0.717, 1.165) is 0 Å². The van der Waals surface area contributed by atoms with Gasteiger partial charge in [-0.15, -0.1) is 0 Å². The predicted octanol–water partition coefficient (Wildman–Crippen LogP) is -5.27. The van der Waals surface area contributed by atoms with Crippen molar-refractivity contribution >= 4 is 59.4 Å². The maximum Gasteiger partial charge on any atom is 0.326 e. The molecule has 4 atom stereocenters. The molecule has 0 aliphatic heterocycles. The number of aliphatic imine (C=N–C) groups is 1. The first-order valence-corrected chi connectivity index (χ1v) is 14.1. The van der Waals surface area contributed by atoms with E-state index < -0.39 is 123 Å². The number of hydrogen-bond acceptors (Lipinski definition) is 11. The number of rotatable bonds is 24. The lowest BCUT2D eigenvalue weighted by atomic mass is 10.1. The van der Waals surface area contributed by atoms with E-state index in [1.54, 1.807) is 0 Å². The number of nitrogens with zero attached hydrogens (tertiary/aromatic N) is 1. The highest BCUT2D eigenvalue weighted by Crippen LogP contribution is 2.03. The zero-order valence-electron chi connectivity index (χ0n) is 25.2. The summed E-state index contributed by atoms with van der Waals surface area (Å²) < 4.78 is 0. The Balaban J connectivity index is 5.25. The Labute approximate surface area is 267 Å². The first-order valence-electron chi connectivity index (χ1n) is 14.1. The lowest BCUT2D eigenvalue weighted by Gasteiger charge is -2.21. The van der Waals surface area contributed by atoms with Crippen LogP contribution < -0.4 is 43.8 Å². The van der Waals surface area contributed by atoms with Crippen LogP contribution in [0.4, 0.5) is 0 Å². The van der Waals surface area contributed by atoms with Crippen LogP contribution in [-0.2, 0) is 43.2 Å². The van der Waals surface area contributed by atoms with Crippen LogP contribution in [0.1, 0.15) is 51.4 Å². The summed E-state index contributed by atoms with van der Waals surface area (Å²) in [5.41, 5.74) is 16.0. The van der Waals surface area contributed by atoms with Crippen LogP contribution in [-0.4, -0.2) is 124 Å². The molecule has 0 saturated heterocycles. The maximum atomic E-state index is 12.7. The lowest BCUT2D eigenvalue weighted by molar-refractivity contribution is -0.142. The molecule has 5 amide bonds. The van der Waals surface area contributed by atoms with Gasteiger partial charge in [-0.25, -0.2) is 4.79 Å². The Morgan fingerprint density at radius 1 is 0.574 bits per heavy atom. The quantitative estimate of drug-likeness (QED) is 0.0258. The second-order valence-corrected chi connectivity index (χ2v) is 9.93. The van der Waals surface area contributed by atoms with E-state index in [1.165, 1.54) is 0 Å². The fourth-order valence-corrected chi connectivity index (χ4v) is 3.59. The average molecular weight is 676 g/mol. The van der Waals surface area contributed by atoms with Gasteiger partial charge in [0, 0.05) is 25.8 Å². The number of carbonyl (C=O) groups is 9. The largest absolute Gasteiger partial charge is 0.481 e. The Hall–Kier alpha value is -5.54. The maximum absolute atomic E-state index is 12.7. The number of amides is 5. The summed E-state index contributed by atoms with van der Waals surface area (Å²) in [6.07, 6.45) is -2.63. The van der Waals surface area contributed by atoms with E-state index in [1.807, 2.05) is 0 Å². The fourth-order valence-electron chi connectivity index (χ4n) is 3.59. The third kappa shape index (κ3) is 20.2. The highest BCUT2D eigenvalue weighted by Gasteiger charge is 2.27. The van der Waals surface area contributed by atoms with Crippen molar-refractivity contribution in [3.63, 3.8) is 0 Å². The van der Waals surface area contributed by atoms with Crippen molar-refractivity contribution in [3.05, 3.63) is 0 Å². The summed E-state index contributed by atoms with van der Waals surface area (Å²) in [7, 11) is 0. The minimum atomic E-state index is -1.52. The molecule has 0 aromatic carbocycles. The van der Waals surface area contributed by atoms with Crippen LogP contribution in [0.3, 0.4) is 0 Å². The first-order chi connectivity index (χ1) is 21.9.